The molecule has 1 aliphatic rings. The second kappa shape index (κ2) is 8.50. The minimum absolute atomic E-state index is 0. The van der Waals surface area contributed by atoms with Crippen molar-refractivity contribution in [2.75, 3.05) is 13.6 Å². The fraction of sp³-hybridized carbons (Fsp3) is 0.474. The largest absolute Gasteiger partial charge is 0.337 e. The summed E-state index contributed by atoms with van der Waals surface area (Å²) in [4.78, 5) is 14.8. The van der Waals surface area contributed by atoms with Crippen molar-refractivity contribution >= 4 is 18.3 Å². The average molecular weight is 363 g/mol. The molecular weight excluding hydrogens is 336 g/mol. The summed E-state index contributed by atoms with van der Waals surface area (Å²) in [5.41, 5.74) is 5.21. The van der Waals surface area contributed by atoms with E-state index in [-0.39, 0.29) is 24.4 Å². The predicted molar refractivity (Wildman–Crippen MR) is 102 cm³/mol. The summed E-state index contributed by atoms with van der Waals surface area (Å²) < 4.78 is 0. The van der Waals surface area contributed by atoms with Crippen molar-refractivity contribution in [3.63, 3.8) is 0 Å². The van der Waals surface area contributed by atoms with Crippen LogP contribution in [0.1, 0.15) is 46.2 Å². The Bertz CT molecular complexity index is 711. The van der Waals surface area contributed by atoms with E-state index in [1.807, 2.05) is 11.9 Å². The van der Waals surface area contributed by atoms with Gasteiger partial charge < -0.3 is 10.2 Å². The van der Waals surface area contributed by atoms with E-state index in [1.54, 1.807) is 0 Å². The highest BCUT2D eigenvalue weighted by Gasteiger charge is 2.27. The Morgan fingerprint density at radius 1 is 1.32 bits per heavy atom. The van der Waals surface area contributed by atoms with E-state index in [2.05, 4.69) is 53.6 Å². The highest BCUT2D eigenvalue weighted by atomic mass is 35.5. The van der Waals surface area contributed by atoms with Gasteiger partial charge in [-0.05, 0) is 25.3 Å². The molecule has 0 radical (unpaired) electrons. The Balaban J connectivity index is 0.00000225. The number of hydrogen-bond donors (Lipinski definition) is 2. The topological polar surface area (TPSA) is 61.0 Å². The summed E-state index contributed by atoms with van der Waals surface area (Å²) in [6.07, 6.45) is 2.69. The van der Waals surface area contributed by atoms with E-state index < -0.39 is 0 Å². The Morgan fingerprint density at radius 2 is 2.04 bits per heavy atom. The molecule has 2 aromatic rings. The van der Waals surface area contributed by atoms with Gasteiger partial charge >= 0.3 is 0 Å². The summed E-state index contributed by atoms with van der Waals surface area (Å²) in [6, 6.07) is 8.72. The standard InChI is InChI=1S/C19H26N4O.ClH/c1-4-15(11-14-7-5-13(2)6-8-14)23(3)19(24)18-16-12-20-10-9-17(16)21-22-18;/h5-8,15,20H,4,9-12H2,1-3H3,(H,21,22);1H. The zero-order valence-corrected chi connectivity index (χ0v) is 15.9. The second-order valence-corrected chi connectivity index (χ2v) is 6.62. The minimum Gasteiger partial charge on any atom is -0.337 e. The SMILES string of the molecule is CCC(Cc1ccc(C)cc1)N(C)C(=O)c1n[nH]c2c1CNCC2.Cl. The van der Waals surface area contributed by atoms with Gasteiger partial charge in [0.2, 0.25) is 0 Å². The summed E-state index contributed by atoms with van der Waals surface area (Å²) in [5.74, 6) is 0.00941. The zero-order chi connectivity index (χ0) is 17.1. The number of H-pyrrole nitrogens is 1. The number of aryl methyl sites for hydroxylation is 1. The summed E-state index contributed by atoms with van der Waals surface area (Å²) in [6.45, 7) is 5.87. The lowest BCUT2D eigenvalue weighted by Gasteiger charge is -2.27. The molecule has 0 saturated carbocycles. The molecule has 25 heavy (non-hydrogen) atoms. The first kappa shape index (κ1) is 19.5. The van der Waals surface area contributed by atoms with Crippen LogP contribution in [-0.2, 0) is 19.4 Å². The Kier molecular flexibility index (Phi) is 6.62. The van der Waals surface area contributed by atoms with Crippen molar-refractivity contribution in [2.24, 2.45) is 0 Å². The molecule has 6 heteroatoms. The summed E-state index contributed by atoms with van der Waals surface area (Å²) in [5, 5.41) is 10.7. The van der Waals surface area contributed by atoms with Crippen LogP contribution in [0.15, 0.2) is 24.3 Å². The van der Waals surface area contributed by atoms with Crippen LogP contribution in [0.3, 0.4) is 0 Å². The first-order valence-corrected chi connectivity index (χ1v) is 8.69. The number of nitrogens with one attached hydrogen (secondary N) is 2. The van der Waals surface area contributed by atoms with Gasteiger partial charge in [-0.15, -0.1) is 12.4 Å². The third-order valence-electron chi connectivity index (χ3n) is 4.94. The lowest BCUT2D eigenvalue weighted by molar-refractivity contribution is 0.0719. The molecule has 1 atom stereocenters. The van der Waals surface area contributed by atoms with Gasteiger partial charge in [-0.3, -0.25) is 9.89 Å². The molecule has 2 N–H and O–H groups in total. The van der Waals surface area contributed by atoms with Crippen molar-refractivity contribution < 1.29 is 4.79 Å². The third-order valence-corrected chi connectivity index (χ3v) is 4.94. The maximum atomic E-state index is 12.9. The Hall–Kier alpha value is -1.85. The Morgan fingerprint density at radius 3 is 2.72 bits per heavy atom. The molecule has 136 valence electrons. The molecule has 0 fully saturated rings. The molecule has 3 rings (SSSR count). The highest BCUT2D eigenvalue weighted by molar-refractivity contribution is 5.94. The first-order valence-electron chi connectivity index (χ1n) is 8.69. The van der Waals surface area contributed by atoms with E-state index in [0.717, 1.165) is 43.6 Å². The minimum atomic E-state index is 0. The van der Waals surface area contributed by atoms with Gasteiger partial charge in [0.1, 0.15) is 0 Å². The highest BCUT2D eigenvalue weighted by Crippen LogP contribution is 2.19. The maximum absolute atomic E-state index is 12.9. The molecule has 0 aliphatic carbocycles. The van der Waals surface area contributed by atoms with Crippen LogP contribution < -0.4 is 5.32 Å². The Labute approximate surface area is 155 Å². The number of carbonyl (C=O) groups excluding carboxylic acids is 1. The number of rotatable bonds is 5. The van der Waals surface area contributed by atoms with Crippen LogP contribution in [0.5, 0.6) is 0 Å². The lowest BCUT2D eigenvalue weighted by atomic mass is 10.0. The van der Waals surface area contributed by atoms with Crippen molar-refractivity contribution in [1.29, 1.82) is 0 Å². The van der Waals surface area contributed by atoms with Gasteiger partial charge in [0.15, 0.2) is 5.69 Å². The van der Waals surface area contributed by atoms with Crippen LogP contribution in [0.2, 0.25) is 0 Å². The van der Waals surface area contributed by atoms with Gasteiger partial charge in [0, 0.05) is 43.9 Å². The number of hydrogen-bond acceptors (Lipinski definition) is 3. The van der Waals surface area contributed by atoms with E-state index in [0.29, 0.717) is 5.69 Å². The van der Waals surface area contributed by atoms with Gasteiger partial charge in [0.25, 0.3) is 5.91 Å². The van der Waals surface area contributed by atoms with Crippen molar-refractivity contribution in [3.8, 4) is 0 Å². The number of fused-ring (bicyclic) bond motifs is 1. The number of aromatic amines is 1. The van der Waals surface area contributed by atoms with Crippen molar-refractivity contribution in [2.45, 2.75) is 45.7 Å². The van der Waals surface area contributed by atoms with Gasteiger partial charge in [-0.25, -0.2) is 0 Å². The summed E-state index contributed by atoms with van der Waals surface area (Å²) in [7, 11) is 1.89. The van der Waals surface area contributed by atoms with Gasteiger partial charge in [-0.2, -0.15) is 5.10 Å². The third kappa shape index (κ3) is 4.22. The molecule has 5 nitrogen and oxygen atoms in total. The molecule has 0 spiro atoms. The number of amides is 1. The van der Waals surface area contributed by atoms with E-state index in [1.165, 1.54) is 11.1 Å². The molecule has 1 aromatic carbocycles. The van der Waals surface area contributed by atoms with E-state index in [4.69, 9.17) is 0 Å². The molecule has 0 bridgehead atoms. The quantitative estimate of drug-likeness (QED) is 0.859. The van der Waals surface area contributed by atoms with Crippen LogP contribution >= 0.6 is 12.4 Å². The summed E-state index contributed by atoms with van der Waals surface area (Å²) >= 11 is 0. The van der Waals surface area contributed by atoms with Gasteiger partial charge in [-0.1, -0.05) is 36.8 Å². The monoisotopic (exact) mass is 362 g/mol. The number of aromatic nitrogens is 2. The van der Waals surface area contributed by atoms with Crippen LogP contribution in [0.4, 0.5) is 0 Å². The van der Waals surface area contributed by atoms with Crippen molar-refractivity contribution in [1.82, 2.24) is 20.4 Å². The van der Waals surface area contributed by atoms with Gasteiger partial charge in [0.05, 0.1) is 0 Å². The molecular formula is C19H27ClN4O. The lowest BCUT2D eigenvalue weighted by Crippen LogP contribution is -2.39. The maximum Gasteiger partial charge on any atom is 0.274 e. The van der Waals surface area contributed by atoms with Crippen LogP contribution in [-0.4, -0.2) is 40.6 Å². The van der Waals surface area contributed by atoms with Crippen LogP contribution in [0, 0.1) is 6.92 Å². The molecule has 1 amide bonds. The number of halogens is 1. The normalized spacial score (nSPS) is 14.4. The predicted octanol–water partition coefficient (Wildman–Crippen LogP) is 2.88. The first-order chi connectivity index (χ1) is 11.6. The number of benzene rings is 1. The smallest absolute Gasteiger partial charge is 0.274 e. The molecule has 1 aliphatic heterocycles. The molecule has 0 saturated heterocycles. The molecule has 2 heterocycles. The fourth-order valence-corrected chi connectivity index (χ4v) is 3.29. The van der Waals surface area contributed by atoms with Crippen molar-refractivity contribution in [3.05, 3.63) is 52.3 Å². The van der Waals surface area contributed by atoms with Crippen LogP contribution in [0.25, 0.3) is 0 Å². The zero-order valence-electron chi connectivity index (χ0n) is 15.1. The molecule has 1 aromatic heterocycles. The van der Waals surface area contributed by atoms with E-state index in [9.17, 15) is 4.79 Å². The van der Waals surface area contributed by atoms with E-state index >= 15 is 0 Å². The molecule has 1 unspecified atom stereocenters. The number of likely N-dealkylation sites (N-methyl/N-ethyl adjacent to an activating group) is 1. The number of carbonyl (C=O) groups is 1. The number of nitrogens with zero attached hydrogens (tertiary/aromatic N) is 2. The fourth-order valence-electron chi connectivity index (χ4n) is 3.29. The second-order valence-electron chi connectivity index (χ2n) is 6.62. The average Bonchev–Trinajstić information content (AvgIpc) is 3.04.